The summed E-state index contributed by atoms with van der Waals surface area (Å²) < 4.78 is 7.37. The van der Waals surface area contributed by atoms with Crippen LogP contribution in [0, 0.1) is 13.8 Å². The van der Waals surface area contributed by atoms with E-state index in [1.165, 1.54) is 11.3 Å². The lowest BCUT2D eigenvalue weighted by atomic mass is 10.1. The second kappa shape index (κ2) is 6.51. The van der Waals surface area contributed by atoms with E-state index in [0.717, 1.165) is 18.7 Å². The standard InChI is InChI=1S/C17H30N4O2/c1-11(15-12(2)19-20(7)13(15)3)18-14-8-9-21(10-14)16(22)23-17(4,5)6/h11,14,18H,8-10H2,1-7H3. The molecule has 6 nitrogen and oxygen atoms in total. The van der Waals surface area contributed by atoms with Crippen LogP contribution in [0.5, 0.6) is 0 Å². The average molecular weight is 322 g/mol. The Bertz CT molecular complexity index is 574. The number of ether oxygens (including phenoxy) is 1. The molecule has 23 heavy (non-hydrogen) atoms. The van der Waals surface area contributed by atoms with Crippen LogP contribution in [0.25, 0.3) is 0 Å². The maximum Gasteiger partial charge on any atom is 0.410 e. The molecule has 0 radical (unpaired) electrons. The number of likely N-dealkylation sites (tertiary alicyclic amines) is 1. The van der Waals surface area contributed by atoms with Gasteiger partial charge in [-0.1, -0.05) is 0 Å². The van der Waals surface area contributed by atoms with Crippen molar-refractivity contribution in [3.8, 4) is 0 Å². The van der Waals surface area contributed by atoms with Crippen molar-refractivity contribution in [2.75, 3.05) is 13.1 Å². The van der Waals surface area contributed by atoms with Gasteiger partial charge in [0.15, 0.2) is 0 Å². The van der Waals surface area contributed by atoms with E-state index in [-0.39, 0.29) is 18.2 Å². The number of carbonyl (C=O) groups excluding carboxylic acids is 1. The summed E-state index contributed by atoms with van der Waals surface area (Å²) in [6, 6.07) is 0.504. The molecule has 0 spiro atoms. The predicted molar refractivity (Wildman–Crippen MR) is 90.4 cm³/mol. The maximum atomic E-state index is 12.1. The van der Waals surface area contributed by atoms with E-state index < -0.39 is 5.60 Å². The lowest BCUT2D eigenvalue weighted by Crippen LogP contribution is -2.39. The third kappa shape index (κ3) is 4.25. The molecule has 2 heterocycles. The first kappa shape index (κ1) is 17.8. The Morgan fingerprint density at radius 1 is 1.39 bits per heavy atom. The molecule has 1 saturated heterocycles. The van der Waals surface area contributed by atoms with Crippen molar-refractivity contribution in [2.45, 2.75) is 65.6 Å². The zero-order valence-electron chi connectivity index (χ0n) is 15.4. The summed E-state index contributed by atoms with van der Waals surface area (Å²) in [5.74, 6) is 0. The Morgan fingerprint density at radius 3 is 2.57 bits per heavy atom. The van der Waals surface area contributed by atoms with Gasteiger partial charge in [-0.15, -0.1) is 0 Å². The van der Waals surface area contributed by atoms with Crippen LogP contribution in [0.2, 0.25) is 0 Å². The Morgan fingerprint density at radius 2 is 2.04 bits per heavy atom. The Balaban J connectivity index is 1.94. The lowest BCUT2D eigenvalue weighted by molar-refractivity contribution is 0.0290. The van der Waals surface area contributed by atoms with Gasteiger partial charge in [-0.25, -0.2) is 4.79 Å². The fraction of sp³-hybridized carbons (Fsp3) is 0.765. The molecule has 2 atom stereocenters. The van der Waals surface area contributed by atoms with E-state index in [2.05, 4.69) is 24.3 Å². The molecule has 1 aliphatic heterocycles. The summed E-state index contributed by atoms with van der Waals surface area (Å²) in [7, 11) is 1.97. The fourth-order valence-electron chi connectivity index (χ4n) is 3.24. The van der Waals surface area contributed by atoms with E-state index >= 15 is 0 Å². The Kier molecular flexibility index (Phi) is 5.04. The molecular weight excluding hydrogens is 292 g/mol. The summed E-state index contributed by atoms with van der Waals surface area (Å²) in [6.45, 7) is 13.4. The molecule has 2 rings (SSSR count). The number of aryl methyl sites for hydroxylation is 2. The van der Waals surface area contributed by atoms with Crippen LogP contribution in [-0.4, -0.2) is 45.5 Å². The van der Waals surface area contributed by atoms with Crippen LogP contribution < -0.4 is 5.32 Å². The minimum atomic E-state index is -0.445. The van der Waals surface area contributed by atoms with Gasteiger partial charge < -0.3 is 15.0 Å². The van der Waals surface area contributed by atoms with Crippen molar-refractivity contribution < 1.29 is 9.53 Å². The Hall–Kier alpha value is -1.56. The summed E-state index contributed by atoms with van der Waals surface area (Å²) in [5.41, 5.74) is 3.06. The number of aromatic nitrogens is 2. The van der Waals surface area contributed by atoms with E-state index in [4.69, 9.17) is 4.74 Å². The van der Waals surface area contributed by atoms with Crippen LogP contribution >= 0.6 is 0 Å². The quantitative estimate of drug-likeness (QED) is 0.929. The lowest BCUT2D eigenvalue weighted by Gasteiger charge is -2.25. The van der Waals surface area contributed by atoms with Gasteiger partial charge >= 0.3 is 6.09 Å². The van der Waals surface area contributed by atoms with Crippen molar-refractivity contribution >= 4 is 6.09 Å². The highest BCUT2D eigenvalue weighted by molar-refractivity contribution is 5.68. The van der Waals surface area contributed by atoms with Gasteiger partial charge in [0, 0.05) is 43.5 Å². The van der Waals surface area contributed by atoms with Crippen LogP contribution in [0.3, 0.4) is 0 Å². The average Bonchev–Trinajstić information content (AvgIpc) is 2.93. The van der Waals surface area contributed by atoms with Crippen LogP contribution in [0.4, 0.5) is 4.79 Å². The van der Waals surface area contributed by atoms with Gasteiger partial charge in [0.1, 0.15) is 5.60 Å². The molecule has 0 aromatic carbocycles. The number of hydrogen-bond donors (Lipinski definition) is 1. The molecule has 6 heteroatoms. The Labute approximate surface area is 139 Å². The summed E-state index contributed by atoms with van der Waals surface area (Å²) in [4.78, 5) is 13.9. The highest BCUT2D eigenvalue weighted by Crippen LogP contribution is 2.23. The van der Waals surface area contributed by atoms with Crippen molar-refractivity contribution in [1.29, 1.82) is 0 Å². The number of hydrogen-bond acceptors (Lipinski definition) is 4. The minimum absolute atomic E-state index is 0.215. The number of nitrogens with one attached hydrogen (secondary N) is 1. The highest BCUT2D eigenvalue weighted by atomic mass is 16.6. The van der Waals surface area contributed by atoms with Crippen molar-refractivity contribution in [3.05, 3.63) is 17.0 Å². The van der Waals surface area contributed by atoms with Crippen LogP contribution in [0.1, 0.15) is 57.1 Å². The van der Waals surface area contributed by atoms with E-state index in [1.54, 1.807) is 4.90 Å². The van der Waals surface area contributed by atoms with Gasteiger partial charge in [0.05, 0.1) is 5.69 Å². The topological polar surface area (TPSA) is 59.4 Å². The van der Waals surface area contributed by atoms with Crippen molar-refractivity contribution in [2.24, 2.45) is 7.05 Å². The maximum absolute atomic E-state index is 12.1. The number of rotatable bonds is 3. The highest BCUT2D eigenvalue weighted by Gasteiger charge is 2.31. The van der Waals surface area contributed by atoms with E-state index in [1.807, 2.05) is 39.4 Å². The van der Waals surface area contributed by atoms with Crippen molar-refractivity contribution in [3.63, 3.8) is 0 Å². The SMILES string of the molecule is Cc1nn(C)c(C)c1C(C)NC1CCN(C(=O)OC(C)(C)C)C1. The third-order valence-electron chi connectivity index (χ3n) is 4.32. The smallest absolute Gasteiger partial charge is 0.410 e. The summed E-state index contributed by atoms with van der Waals surface area (Å²) in [6.07, 6.45) is 0.727. The van der Waals surface area contributed by atoms with Gasteiger partial charge in [-0.3, -0.25) is 4.68 Å². The molecule has 1 fully saturated rings. The summed E-state index contributed by atoms with van der Waals surface area (Å²) in [5, 5.41) is 8.12. The molecule has 130 valence electrons. The zero-order chi connectivity index (χ0) is 17.4. The van der Waals surface area contributed by atoms with E-state index in [0.29, 0.717) is 6.54 Å². The molecule has 1 aliphatic rings. The molecule has 2 unspecified atom stereocenters. The molecule has 1 aromatic heterocycles. The second-order valence-electron chi connectivity index (χ2n) is 7.51. The normalized spacial score (nSPS) is 20.0. The first-order chi connectivity index (χ1) is 10.6. The van der Waals surface area contributed by atoms with Crippen LogP contribution in [0.15, 0.2) is 0 Å². The van der Waals surface area contributed by atoms with Crippen molar-refractivity contribution in [1.82, 2.24) is 20.0 Å². The molecule has 0 bridgehead atoms. The van der Waals surface area contributed by atoms with Gasteiger partial charge in [-0.05, 0) is 48.0 Å². The molecular formula is C17H30N4O2. The second-order valence-corrected chi connectivity index (χ2v) is 7.51. The predicted octanol–water partition coefficient (Wildman–Crippen LogP) is 2.70. The van der Waals surface area contributed by atoms with E-state index in [9.17, 15) is 4.79 Å². The molecule has 0 aliphatic carbocycles. The fourth-order valence-corrected chi connectivity index (χ4v) is 3.24. The molecule has 1 amide bonds. The zero-order valence-corrected chi connectivity index (χ0v) is 15.4. The number of carbonyl (C=O) groups is 1. The van der Waals surface area contributed by atoms with Crippen LogP contribution in [-0.2, 0) is 11.8 Å². The van der Waals surface area contributed by atoms with Gasteiger partial charge in [-0.2, -0.15) is 5.10 Å². The van der Waals surface area contributed by atoms with Gasteiger partial charge in [0.2, 0.25) is 0 Å². The molecule has 1 N–H and O–H groups in total. The third-order valence-corrected chi connectivity index (χ3v) is 4.32. The number of amides is 1. The monoisotopic (exact) mass is 322 g/mol. The first-order valence-electron chi connectivity index (χ1n) is 8.32. The first-order valence-corrected chi connectivity index (χ1v) is 8.32. The molecule has 0 saturated carbocycles. The summed E-state index contributed by atoms with van der Waals surface area (Å²) >= 11 is 0. The largest absolute Gasteiger partial charge is 0.444 e. The minimum Gasteiger partial charge on any atom is -0.444 e. The number of nitrogens with zero attached hydrogens (tertiary/aromatic N) is 3. The molecule has 1 aromatic rings. The van der Waals surface area contributed by atoms with Gasteiger partial charge in [0.25, 0.3) is 0 Å².